The minimum absolute atomic E-state index is 0.718. The van der Waals surface area contributed by atoms with E-state index < -0.39 is 0 Å². The highest BCUT2D eigenvalue weighted by Crippen LogP contribution is 2.32. The number of methoxy groups -OCH3 is 1. The van der Waals surface area contributed by atoms with Crippen LogP contribution < -0.4 is 10.1 Å². The van der Waals surface area contributed by atoms with Gasteiger partial charge in [-0.3, -0.25) is 4.98 Å². The van der Waals surface area contributed by atoms with E-state index in [1.54, 1.807) is 24.6 Å². The predicted molar refractivity (Wildman–Crippen MR) is 77.7 cm³/mol. The summed E-state index contributed by atoms with van der Waals surface area (Å²) in [7, 11) is 1.66. The molecule has 5 heteroatoms. The van der Waals surface area contributed by atoms with E-state index in [4.69, 9.17) is 4.74 Å². The molecule has 2 heterocycles. The van der Waals surface area contributed by atoms with Crippen molar-refractivity contribution in [1.29, 1.82) is 0 Å². The lowest BCUT2D eigenvalue weighted by Gasteiger charge is -2.01. The lowest BCUT2D eigenvalue weighted by atomic mass is 10.3. The standard InChI is InChI=1S/C14H13N3OS/c1-18-11-5-2-6-12-13(11)17-14(19-12)16-9-10-4-3-7-15-8-10/h2-8H,9H2,1H3,(H,16,17). The Hall–Kier alpha value is -2.14. The smallest absolute Gasteiger partial charge is 0.184 e. The van der Waals surface area contributed by atoms with Crippen molar-refractivity contribution < 1.29 is 4.74 Å². The Morgan fingerprint density at radius 2 is 2.21 bits per heavy atom. The van der Waals surface area contributed by atoms with E-state index in [-0.39, 0.29) is 0 Å². The Morgan fingerprint density at radius 3 is 3.00 bits per heavy atom. The molecular weight excluding hydrogens is 258 g/mol. The van der Waals surface area contributed by atoms with Crippen molar-refractivity contribution in [2.24, 2.45) is 0 Å². The van der Waals surface area contributed by atoms with Gasteiger partial charge in [-0.1, -0.05) is 23.5 Å². The molecule has 0 bridgehead atoms. The van der Waals surface area contributed by atoms with Crippen molar-refractivity contribution in [3.8, 4) is 5.75 Å². The van der Waals surface area contributed by atoms with Gasteiger partial charge in [-0.05, 0) is 23.8 Å². The monoisotopic (exact) mass is 271 g/mol. The lowest BCUT2D eigenvalue weighted by molar-refractivity contribution is 0.419. The first-order valence-corrected chi connectivity index (χ1v) is 6.75. The minimum atomic E-state index is 0.718. The zero-order chi connectivity index (χ0) is 13.1. The van der Waals surface area contributed by atoms with Gasteiger partial charge in [0.05, 0.1) is 11.8 Å². The molecule has 0 fully saturated rings. The zero-order valence-corrected chi connectivity index (χ0v) is 11.3. The Labute approximate surface area is 115 Å². The van der Waals surface area contributed by atoms with E-state index in [9.17, 15) is 0 Å². The third-order valence-electron chi connectivity index (χ3n) is 2.77. The molecule has 0 radical (unpaired) electrons. The molecule has 0 saturated carbocycles. The number of nitrogens with zero attached hydrogens (tertiary/aromatic N) is 2. The van der Waals surface area contributed by atoms with Gasteiger partial charge in [0.25, 0.3) is 0 Å². The maximum Gasteiger partial charge on any atom is 0.184 e. The van der Waals surface area contributed by atoms with Crippen molar-refractivity contribution in [2.45, 2.75) is 6.54 Å². The van der Waals surface area contributed by atoms with E-state index in [2.05, 4.69) is 15.3 Å². The predicted octanol–water partition coefficient (Wildman–Crippen LogP) is 3.31. The van der Waals surface area contributed by atoms with Crippen molar-refractivity contribution >= 4 is 26.7 Å². The van der Waals surface area contributed by atoms with Gasteiger partial charge in [-0.15, -0.1) is 0 Å². The van der Waals surface area contributed by atoms with Gasteiger partial charge in [0.15, 0.2) is 5.13 Å². The van der Waals surface area contributed by atoms with Crippen molar-refractivity contribution in [2.75, 3.05) is 12.4 Å². The first kappa shape index (κ1) is 11.9. The van der Waals surface area contributed by atoms with Crippen LogP contribution in [0.1, 0.15) is 5.56 Å². The number of pyridine rings is 1. The van der Waals surface area contributed by atoms with Crippen LogP contribution in [0.2, 0.25) is 0 Å². The van der Waals surface area contributed by atoms with Gasteiger partial charge in [-0.2, -0.15) is 0 Å². The maximum absolute atomic E-state index is 5.31. The minimum Gasteiger partial charge on any atom is -0.494 e. The van der Waals surface area contributed by atoms with Crippen molar-refractivity contribution in [3.05, 3.63) is 48.3 Å². The number of benzene rings is 1. The number of aromatic nitrogens is 2. The molecule has 3 rings (SSSR count). The molecule has 0 spiro atoms. The molecule has 0 atom stereocenters. The number of hydrogen-bond donors (Lipinski definition) is 1. The van der Waals surface area contributed by atoms with Gasteiger partial charge in [-0.25, -0.2) is 4.98 Å². The van der Waals surface area contributed by atoms with E-state index in [1.165, 1.54) is 0 Å². The number of nitrogens with one attached hydrogen (secondary N) is 1. The van der Waals surface area contributed by atoms with Gasteiger partial charge in [0, 0.05) is 18.9 Å². The molecule has 0 aliphatic rings. The summed E-state index contributed by atoms with van der Waals surface area (Å²) < 4.78 is 6.43. The van der Waals surface area contributed by atoms with Crippen LogP contribution >= 0.6 is 11.3 Å². The number of rotatable bonds is 4. The molecule has 2 aromatic heterocycles. The van der Waals surface area contributed by atoms with E-state index in [0.717, 1.165) is 33.2 Å². The van der Waals surface area contributed by atoms with Crippen LogP contribution in [0.25, 0.3) is 10.2 Å². The van der Waals surface area contributed by atoms with E-state index in [1.807, 2.05) is 36.5 Å². The number of ether oxygens (including phenoxy) is 1. The second-order valence-corrected chi connectivity index (χ2v) is 5.07. The van der Waals surface area contributed by atoms with Crippen LogP contribution in [0.15, 0.2) is 42.7 Å². The molecule has 1 aromatic carbocycles. The zero-order valence-electron chi connectivity index (χ0n) is 10.5. The fourth-order valence-corrected chi connectivity index (χ4v) is 2.72. The van der Waals surface area contributed by atoms with Crippen molar-refractivity contribution in [1.82, 2.24) is 9.97 Å². The Balaban J connectivity index is 1.82. The largest absolute Gasteiger partial charge is 0.494 e. The molecule has 19 heavy (non-hydrogen) atoms. The first-order valence-electron chi connectivity index (χ1n) is 5.93. The summed E-state index contributed by atoms with van der Waals surface area (Å²) in [5.41, 5.74) is 2.04. The molecular formula is C14H13N3OS. The molecule has 96 valence electrons. The number of fused-ring (bicyclic) bond motifs is 1. The summed E-state index contributed by atoms with van der Waals surface area (Å²) >= 11 is 1.62. The molecule has 0 aliphatic heterocycles. The topological polar surface area (TPSA) is 47.0 Å². The molecule has 0 aliphatic carbocycles. The Morgan fingerprint density at radius 1 is 1.26 bits per heavy atom. The number of hydrogen-bond acceptors (Lipinski definition) is 5. The van der Waals surface area contributed by atoms with Crippen LogP contribution in [-0.2, 0) is 6.54 Å². The second-order valence-electron chi connectivity index (χ2n) is 4.04. The second kappa shape index (κ2) is 5.24. The highest BCUT2D eigenvalue weighted by atomic mass is 32.1. The van der Waals surface area contributed by atoms with Crippen molar-refractivity contribution in [3.63, 3.8) is 0 Å². The van der Waals surface area contributed by atoms with Crippen LogP contribution in [0.5, 0.6) is 5.75 Å². The summed E-state index contributed by atoms with van der Waals surface area (Å²) in [5.74, 6) is 0.808. The molecule has 4 nitrogen and oxygen atoms in total. The van der Waals surface area contributed by atoms with Gasteiger partial charge < -0.3 is 10.1 Å². The highest BCUT2D eigenvalue weighted by molar-refractivity contribution is 7.22. The fraction of sp³-hybridized carbons (Fsp3) is 0.143. The summed E-state index contributed by atoms with van der Waals surface area (Å²) in [6.07, 6.45) is 3.62. The Kier molecular flexibility index (Phi) is 3.29. The summed E-state index contributed by atoms with van der Waals surface area (Å²) in [5, 5.41) is 4.21. The fourth-order valence-electron chi connectivity index (χ4n) is 1.84. The first-order chi connectivity index (χ1) is 9.36. The average Bonchev–Trinajstić information content (AvgIpc) is 2.89. The molecule has 0 amide bonds. The molecule has 0 unspecified atom stereocenters. The molecule has 3 aromatic rings. The van der Waals surface area contributed by atoms with Gasteiger partial charge >= 0.3 is 0 Å². The summed E-state index contributed by atoms with van der Waals surface area (Å²) in [4.78, 5) is 8.65. The van der Waals surface area contributed by atoms with Gasteiger partial charge in [0.2, 0.25) is 0 Å². The quantitative estimate of drug-likeness (QED) is 0.790. The number of thiazole rings is 1. The normalized spacial score (nSPS) is 10.6. The third kappa shape index (κ3) is 2.51. The number of para-hydroxylation sites is 1. The summed E-state index contributed by atoms with van der Waals surface area (Å²) in [6.45, 7) is 0.718. The van der Waals surface area contributed by atoms with Crippen LogP contribution in [-0.4, -0.2) is 17.1 Å². The van der Waals surface area contributed by atoms with E-state index in [0.29, 0.717) is 0 Å². The van der Waals surface area contributed by atoms with E-state index >= 15 is 0 Å². The van der Waals surface area contributed by atoms with Crippen LogP contribution in [0.3, 0.4) is 0 Å². The molecule has 0 saturated heterocycles. The lowest BCUT2D eigenvalue weighted by Crippen LogP contribution is -1.98. The SMILES string of the molecule is COc1cccc2sc(NCc3cccnc3)nc12. The van der Waals surface area contributed by atoms with Crippen LogP contribution in [0.4, 0.5) is 5.13 Å². The number of anilines is 1. The summed E-state index contributed by atoms with van der Waals surface area (Å²) in [6, 6.07) is 9.91. The van der Waals surface area contributed by atoms with Gasteiger partial charge in [0.1, 0.15) is 11.3 Å². The molecule has 1 N–H and O–H groups in total. The Bertz CT molecular complexity index is 681. The maximum atomic E-state index is 5.31. The average molecular weight is 271 g/mol. The highest BCUT2D eigenvalue weighted by Gasteiger charge is 2.07. The van der Waals surface area contributed by atoms with Crippen LogP contribution in [0, 0.1) is 0 Å². The third-order valence-corrected chi connectivity index (χ3v) is 3.75.